The van der Waals surface area contributed by atoms with Crippen molar-refractivity contribution in [1.82, 2.24) is 10.2 Å². The fourth-order valence-corrected chi connectivity index (χ4v) is 3.54. The Hall–Kier alpha value is -0.620. The predicted molar refractivity (Wildman–Crippen MR) is 70.0 cm³/mol. The van der Waals surface area contributed by atoms with Crippen molar-refractivity contribution in [3.63, 3.8) is 0 Å². The monoisotopic (exact) mass is 274 g/mol. The first-order valence-electron chi connectivity index (χ1n) is 6.53. The van der Waals surface area contributed by atoms with Gasteiger partial charge in [0, 0.05) is 13.1 Å². The van der Waals surface area contributed by atoms with Crippen LogP contribution in [0.15, 0.2) is 0 Å². The van der Waals surface area contributed by atoms with Gasteiger partial charge in [-0.25, -0.2) is 8.42 Å². The van der Waals surface area contributed by atoms with Gasteiger partial charge in [-0.1, -0.05) is 0 Å². The van der Waals surface area contributed by atoms with Crippen LogP contribution in [0.1, 0.15) is 26.7 Å². The molecule has 5 nitrogen and oxygen atoms in total. The second-order valence-corrected chi connectivity index (χ2v) is 8.71. The van der Waals surface area contributed by atoms with Gasteiger partial charge in [0.05, 0.1) is 17.0 Å². The Morgan fingerprint density at radius 1 is 1.39 bits per heavy atom. The topological polar surface area (TPSA) is 66.5 Å². The summed E-state index contributed by atoms with van der Waals surface area (Å²) in [5.74, 6) is 0.837. The highest BCUT2D eigenvalue weighted by Crippen LogP contribution is 2.27. The van der Waals surface area contributed by atoms with Gasteiger partial charge in [-0.15, -0.1) is 0 Å². The van der Waals surface area contributed by atoms with Gasteiger partial charge in [-0.2, -0.15) is 0 Å². The average Bonchev–Trinajstić information content (AvgIpc) is 3.06. The van der Waals surface area contributed by atoms with Crippen molar-refractivity contribution in [2.24, 2.45) is 5.92 Å². The highest BCUT2D eigenvalue weighted by atomic mass is 32.2. The van der Waals surface area contributed by atoms with Gasteiger partial charge in [-0.3, -0.25) is 4.79 Å². The Bertz CT molecular complexity index is 427. The fourth-order valence-electron chi connectivity index (χ4n) is 2.17. The van der Waals surface area contributed by atoms with Gasteiger partial charge in [0.2, 0.25) is 5.91 Å². The van der Waals surface area contributed by atoms with Gasteiger partial charge in [0.1, 0.15) is 0 Å². The molecule has 1 saturated carbocycles. The van der Waals surface area contributed by atoms with Crippen molar-refractivity contribution in [2.75, 3.05) is 31.9 Å². The minimum absolute atomic E-state index is 0.0126. The number of nitrogens with one attached hydrogen (secondary N) is 1. The first-order valence-corrected chi connectivity index (χ1v) is 8.18. The molecule has 104 valence electrons. The summed E-state index contributed by atoms with van der Waals surface area (Å²) < 4.78 is 22.8. The van der Waals surface area contributed by atoms with Crippen molar-refractivity contribution >= 4 is 15.7 Å². The van der Waals surface area contributed by atoms with Crippen LogP contribution in [-0.4, -0.2) is 55.9 Å². The van der Waals surface area contributed by atoms with E-state index in [0.29, 0.717) is 19.6 Å². The standard InChI is InChI=1S/C12H22N2O3S/c1-12(2)9-14(5-6-18(12,16)17)11(15)8-13-7-10-3-4-10/h10,13H,3-9H2,1-2H3. The lowest BCUT2D eigenvalue weighted by Gasteiger charge is -2.37. The first-order chi connectivity index (χ1) is 8.32. The number of carbonyl (C=O) groups is 1. The van der Waals surface area contributed by atoms with Crippen LogP contribution in [0.25, 0.3) is 0 Å². The van der Waals surface area contributed by atoms with Crippen LogP contribution in [0, 0.1) is 5.92 Å². The molecule has 0 aromatic carbocycles. The third-order valence-corrected chi connectivity index (χ3v) is 6.34. The molecule has 0 aromatic heterocycles. The Balaban J connectivity index is 1.84. The van der Waals surface area contributed by atoms with Gasteiger partial charge in [-0.05, 0) is 39.2 Å². The zero-order valence-electron chi connectivity index (χ0n) is 11.1. The van der Waals surface area contributed by atoms with E-state index in [1.165, 1.54) is 12.8 Å². The molecule has 0 spiro atoms. The normalized spacial score (nSPS) is 26.0. The highest BCUT2D eigenvalue weighted by molar-refractivity contribution is 7.92. The van der Waals surface area contributed by atoms with Crippen LogP contribution in [0.2, 0.25) is 0 Å². The smallest absolute Gasteiger partial charge is 0.236 e. The summed E-state index contributed by atoms with van der Waals surface area (Å²) in [4.78, 5) is 13.6. The van der Waals surface area contributed by atoms with Crippen molar-refractivity contribution in [3.8, 4) is 0 Å². The minimum Gasteiger partial charge on any atom is -0.339 e. The van der Waals surface area contributed by atoms with E-state index >= 15 is 0 Å². The number of nitrogens with zero attached hydrogens (tertiary/aromatic N) is 1. The van der Waals surface area contributed by atoms with Crippen molar-refractivity contribution < 1.29 is 13.2 Å². The number of sulfone groups is 1. The van der Waals surface area contributed by atoms with E-state index in [2.05, 4.69) is 5.32 Å². The molecule has 6 heteroatoms. The Kier molecular flexibility index (Phi) is 3.69. The largest absolute Gasteiger partial charge is 0.339 e. The second-order valence-electron chi connectivity index (χ2n) is 5.97. The maximum atomic E-state index is 12.0. The van der Waals surface area contributed by atoms with Gasteiger partial charge < -0.3 is 10.2 Å². The summed E-state index contributed by atoms with van der Waals surface area (Å²) in [6, 6.07) is 0. The number of amides is 1. The van der Waals surface area contributed by atoms with Crippen molar-refractivity contribution in [3.05, 3.63) is 0 Å². The molecule has 2 rings (SSSR count). The molecule has 2 fully saturated rings. The molecule has 1 amide bonds. The summed E-state index contributed by atoms with van der Waals surface area (Å²) in [6.45, 7) is 5.25. The molecule has 18 heavy (non-hydrogen) atoms. The maximum Gasteiger partial charge on any atom is 0.236 e. The number of hydrogen-bond acceptors (Lipinski definition) is 4. The van der Waals surface area contributed by atoms with Crippen LogP contribution >= 0.6 is 0 Å². The fraction of sp³-hybridized carbons (Fsp3) is 0.917. The van der Waals surface area contributed by atoms with E-state index in [-0.39, 0.29) is 11.7 Å². The van der Waals surface area contributed by atoms with E-state index in [1.807, 2.05) is 0 Å². The minimum atomic E-state index is -3.07. The molecule has 1 aliphatic carbocycles. The molecular formula is C12H22N2O3S. The van der Waals surface area contributed by atoms with Crippen molar-refractivity contribution in [2.45, 2.75) is 31.4 Å². The predicted octanol–water partition coefficient (Wildman–Crippen LogP) is 0.0216. The summed E-state index contributed by atoms with van der Waals surface area (Å²) in [7, 11) is -3.07. The SMILES string of the molecule is CC1(C)CN(C(=O)CNCC2CC2)CCS1(=O)=O. The van der Waals surface area contributed by atoms with Crippen LogP contribution in [0.5, 0.6) is 0 Å². The summed E-state index contributed by atoms with van der Waals surface area (Å²) in [5.41, 5.74) is 0. The zero-order valence-corrected chi connectivity index (χ0v) is 11.9. The van der Waals surface area contributed by atoms with Crippen LogP contribution in [0.4, 0.5) is 0 Å². The summed E-state index contributed by atoms with van der Waals surface area (Å²) in [6.07, 6.45) is 2.52. The summed E-state index contributed by atoms with van der Waals surface area (Å²) in [5, 5.41) is 3.15. The molecule has 0 radical (unpaired) electrons. The number of carbonyl (C=O) groups excluding carboxylic acids is 1. The van der Waals surface area contributed by atoms with Crippen LogP contribution < -0.4 is 5.32 Å². The lowest BCUT2D eigenvalue weighted by Crippen LogP contribution is -2.56. The Morgan fingerprint density at radius 2 is 2.06 bits per heavy atom. The summed E-state index contributed by atoms with van der Waals surface area (Å²) >= 11 is 0. The zero-order chi connectivity index (χ0) is 13.4. The molecule has 1 saturated heterocycles. The van der Waals surface area contributed by atoms with E-state index in [4.69, 9.17) is 0 Å². The van der Waals surface area contributed by atoms with Gasteiger partial charge >= 0.3 is 0 Å². The first kappa shape index (κ1) is 13.8. The number of hydrogen-bond donors (Lipinski definition) is 1. The molecule has 1 N–H and O–H groups in total. The molecule has 0 bridgehead atoms. The maximum absolute atomic E-state index is 12.0. The molecule has 2 aliphatic rings. The molecule has 0 atom stereocenters. The quantitative estimate of drug-likeness (QED) is 0.785. The lowest BCUT2D eigenvalue weighted by molar-refractivity contribution is -0.130. The molecule has 1 heterocycles. The molecular weight excluding hydrogens is 252 g/mol. The second kappa shape index (κ2) is 4.81. The Morgan fingerprint density at radius 3 is 2.61 bits per heavy atom. The van der Waals surface area contributed by atoms with E-state index in [0.717, 1.165) is 12.5 Å². The van der Waals surface area contributed by atoms with Crippen LogP contribution in [-0.2, 0) is 14.6 Å². The molecule has 0 unspecified atom stereocenters. The Labute approximate surface area is 109 Å². The third kappa shape index (κ3) is 3.03. The third-order valence-electron chi connectivity index (χ3n) is 3.80. The average molecular weight is 274 g/mol. The molecule has 1 aliphatic heterocycles. The van der Waals surface area contributed by atoms with Crippen molar-refractivity contribution in [1.29, 1.82) is 0 Å². The van der Waals surface area contributed by atoms with Crippen LogP contribution in [0.3, 0.4) is 0 Å². The molecule has 0 aromatic rings. The van der Waals surface area contributed by atoms with Gasteiger partial charge in [0.25, 0.3) is 0 Å². The van der Waals surface area contributed by atoms with E-state index in [9.17, 15) is 13.2 Å². The van der Waals surface area contributed by atoms with E-state index < -0.39 is 14.6 Å². The lowest BCUT2D eigenvalue weighted by atomic mass is 10.2. The highest BCUT2D eigenvalue weighted by Gasteiger charge is 2.41. The number of rotatable bonds is 4. The van der Waals surface area contributed by atoms with Gasteiger partial charge in [0.15, 0.2) is 9.84 Å². The van der Waals surface area contributed by atoms with E-state index in [1.54, 1.807) is 18.7 Å².